The zero-order valence-corrected chi connectivity index (χ0v) is 15.1. The summed E-state index contributed by atoms with van der Waals surface area (Å²) in [6, 6.07) is 0. The summed E-state index contributed by atoms with van der Waals surface area (Å²) in [5.74, 6) is 4.87. The summed E-state index contributed by atoms with van der Waals surface area (Å²) in [7, 11) is 0. The third-order valence-electron chi connectivity index (χ3n) is 9.00. The van der Waals surface area contributed by atoms with Gasteiger partial charge in [0.15, 0.2) is 5.78 Å². The molecule has 0 aromatic carbocycles. The summed E-state index contributed by atoms with van der Waals surface area (Å²) >= 11 is 0. The van der Waals surface area contributed by atoms with Crippen LogP contribution in [-0.2, 0) is 9.53 Å². The van der Waals surface area contributed by atoms with E-state index < -0.39 is 0 Å². The van der Waals surface area contributed by atoms with E-state index in [0.717, 1.165) is 43.1 Å². The Morgan fingerprint density at radius 2 is 2.20 bits per heavy atom. The number of allylic oxidation sites excluding steroid dienone is 4. The summed E-state index contributed by atoms with van der Waals surface area (Å²) in [5, 5.41) is 0. The van der Waals surface area contributed by atoms with Gasteiger partial charge in [-0.3, -0.25) is 4.79 Å². The Hall–Kier alpha value is -1.15. The van der Waals surface area contributed by atoms with E-state index in [4.69, 9.17) is 4.74 Å². The largest absolute Gasteiger partial charge is 0.366 e. The molecule has 0 bridgehead atoms. The van der Waals surface area contributed by atoms with Gasteiger partial charge in [-0.05, 0) is 79.3 Å². The van der Waals surface area contributed by atoms with Gasteiger partial charge in [0.2, 0.25) is 0 Å². The van der Waals surface area contributed by atoms with Crippen molar-refractivity contribution in [1.82, 2.24) is 0 Å². The fourth-order valence-electron chi connectivity index (χ4n) is 8.15. The smallest absolute Gasteiger partial charge is 0.155 e. The van der Waals surface area contributed by atoms with Crippen LogP contribution in [0.5, 0.6) is 0 Å². The van der Waals surface area contributed by atoms with Crippen molar-refractivity contribution in [2.24, 2.45) is 40.9 Å². The molecule has 2 nitrogen and oxygen atoms in total. The first-order valence-electron chi connectivity index (χ1n) is 10.4. The van der Waals surface area contributed by atoms with Gasteiger partial charge < -0.3 is 4.74 Å². The van der Waals surface area contributed by atoms with Crippen LogP contribution in [0, 0.1) is 40.9 Å². The third kappa shape index (κ3) is 1.64. The maximum Gasteiger partial charge on any atom is 0.155 e. The lowest BCUT2D eigenvalue weighted by atomic mass is 9.49. The molecule has 0 saturated heterocycles. The Morgan fingerprint density at radius 1 is 1.28 bits per heavy atom. The molecule has 0 N–H and O–H groups in total. The molecule has 0 aromatic rings. The van der Waals surface area contributed by atoms with Gasteiger partial charge in [0.25, 0.3) is 0 Å². The topological polar surface area (TPSA) is 26.3 Å². The number of rotatable bonds is 1. The molecule has 1 aliphatic heterocycles. The zero-order chi connectivity index (χ0) is 16.8. The number of ketones is 1. The SMILES string of the molecule is CC[C@]12CCC3C(C=CC4=CC(=O)CC[C@@H]43)C1C1CC1[C@@]21C=CCO1. The number of hydrogen-bond acceptors (Lipinski definition) is 2. The van der Waals surface area contributed by atoms with E-state index >= 15 is 0 Å². The van der Waals surface area contributed by atoms with Gasteiger partial charge in [-0.15, -0.1) is 0 Å². The lowest BCUT2D eigenvalue weighted by molar-refractivity contribution is -0.133. The van der Waals surface area contributed by atoms with Crippen molar-refractivity contribution in [1.29, 1.82) is 0 Å². The number of carbonyl (C=O) groups is 1. The number of ether oxygens (including phenoxy) is 1. The summed E-state index contributed by atoms with van der Waals surface area (Å²) in [4.78, 5) is 11.9. The van der Waals surface area contributed by atoms with Crippen LogP contribution in [0.2, 0.25) is 0 Å². The predicted octanol–water partition coefficient (Wildman–Crippen LogP) is 4.48. The van der Waals surface area contributed by atoms with Crippen LogP contribution in [0.15, 0.2) is 36.0 Å². The van der Waals surface area contributed by atoms with Gasteiger partial charge >= 0.3 is 0 Å². The van der Waals surface area contributed by atoms with Crippen molar-refractivity contribution in [2.75, 3.05) is 6.61 Å². The standard InChI is InChI=1S/C23H28O2/c1-2-22-10-8-17-16-7-5-15(24)12-14(16)4-6-18(17)21(22)19-13-20(19)23(22)9-3-11-25-23/h3-4,6,9,12,16-21H,2,5,7-8,10-11,13H2,1H3/t16-,17?,18?,19?,20?,21?,22-,23-/m0/s1. The molecule has 25 heavy (non-hydrogen) atoms. The molecule has 5 unspecified atom stereocenters. The predicted molar refractivity (Wildman–Crippen MR) is 96.8 cm³/mol. The van der Waals surface area contributed by atoms with Crippen molar-refractivity contribution in [3.8, 4) is 0 Å². The van der Waals surface area contributed by atoms with Crippen molar-refractivity contribution in [3.05, 3.63) is 36.0 Å². The second kappa shape index (κ2) is 4.76. The Bertz CT molecular complexity index is 730. The van der Waals surface area contributed by atoms with Crippen LogP contribution >= 0.6 is 0 Å². The van der Waals surface area contributed by atoms with E-state index in [0.29, 0.717) is 23.0 Å². The van der Waals surface area contributed by atoms with Crippen LogP contribution in [0.4, 0.5) is 0 Å². The molecule has 3 saturated carbocycles. The minimum atomic E-state index is 0.0501. The summed E-state index contributed by atoms with van der Waals surface area (Å²) < 4.78 is 6.53. The van der Waals surface area contributed by atoms with Gasteiger partial charge in [0, 0.05) is 11.8 Å². The normalized spacial score (nSPS) is 54.8. The number of hydrogen-bond donors (Lipinski definition) is 0. The molecule has 8 atom stereocenters. The quantitative estimate of drug-likeness (QED) is 0.660. The first-order chi connectivity index (χ1) is 12.2. The van der Waals surface area contributed by atoms with E-state index in [9.17, 15) is 4.79 Å². The van der Waals surface area contributed by atoms with Gasteiger partial charge in [0.05, 0.1) is 12.2 Å². The minimum absolute atomic E-state index is 0.0501. The average Bonchev–Trinajstić information content (AvgIpc) is 3.20. The highest BCUT2D eigenvalue weighted by atomic mass is 16.5. The number of fused-ring (bicyclic) bond motifs is 9. The fourth-order valence-corrected chi connectivity index (χ4v) is 8.15. The molecule has 5 aliphatic carbocycles. The third-order valence-corrected chi connectivity index (χ3v) is 9.00. The second-order valence-corrected chi connectivity index (χ2v) is 9.44. The van der Waals surface area contributed by atoms with Crippen molar-refractivity contribution in [3.63, 3.8) is 0 Å². The molecule has 0 amide bonds. The Labute approximate surface area is 150 Å². The maximum absolute atomic E-state index is 11.9. The van der Waals surface area contributed by atoms with Gasteiger partial charge in [0.1, 0.15) is 0 Å². The molecule has 6 aliphatic rings. The van der Waals surface area contributed by atoms with Crippen LogP contribution in [-0.4, -0.2) is 18.0 Å². The van der Waals surface area contributed by atoms with Gasteiger partial charge in [-0.2, -0.15) is 0 Å². The van der Waals surface area contributed by atoms with Gasteiger partial charge in [-0.25, -0.2) is 0 Å². The molecule has 6 rings (SSSR count). The first kappa shape index (κ1) is 15.0. The Morgan fingerprint density at radius 3 is 3.00 bits per heavy atom. The van der Waals surface area contributed by atoms with Crippen molar-refractivity contribution < 1.29 is 9.53 Å². The monoisotopic (exact) mass is 336 g/mol. The van der Waals surface area contributed by atoms with Crippen molar-refractivity contribution in [2.45, 2.75) is 51.0 Å². The molecule has 1 heterocycles. The molecular formula is C23H28O2. The van der Waals surface area contributed by atoms with Crippen LogP contribution in [0.3, 0.4) is 0 Å². The average molecular weight is 336 g/mol. The van der Waals surface area contributed by atoms with E-state index in [1.54, 1.807) is 0 Å². The summed E-state index contributed by atoms with van der Waals surface area (Å²) in [6.07, 6.45) is 18.6. The summed E-state index contributed by atoms with van der Waals surface area (Å²) in [5.41, 5.74) is 1.73. The fraction of sp³-hybridized carbons (Fsp3) is 0.696. The molecule has 0 aromatic heterocycles. The number of carbonyl (C=O) groups excluding carboxylic acids is 1. The van der Waals surface area contributed by atoms with E-state index in [1.807, 2.05) is 6.08 Å². The van der Waals surface area contributed by atoms with Crippen LogP contribution < -0.4 is 0 Å². The molecule has 1 spiro atoms. The minimum Gasteiger partial charge on any atom is -0.366 e. The lowest BCUT2D eigenvalue weighted by Crippen LogP contribution is -2.55. The molecular weight excluding hydrogens is 308 g/mol. The van der Waals surface area contributed by atoms with Crippen LogP contribution in [0.1, 0.15) is 45.4 Å². The highest BCUT2D eigenvalue weighted by Gasteiger charge is 2.77. The molecule has 0 radical (unpaired) electrons. The lowest BCUT2D eigenvalue weighted by Gasteiger charge is -2.57. The zero-order valence-electron chi connectivity index (χ0n) is 15.1. The molecule has 3 fully saturated rings. The Balaban J connectivity index is 1.44. The second-order valence-electron chi connectivity index (χ2n) is 9.44. The molecule has 2 heteroatoms. The highest BCUT2D eigenvalue weighted by molar-refractivity contribution is 5.91. The molecule has 132 valence electrons. The van der Waals surface area contributed by atoms with Gasteiger partial charge in [-0.1, -0.05) is 31.2 Å². The maximum atomic E-state index is 11.9. The first-order valence-corrected chi connectivity index (χ1v) is 10.4. The van der Waals surface area contributed by atoms with E-state index in [2.05, 4.69) is 31.2 Å². The summed E-state index contributed by atoms with van der Waals surface area (Å²) in [6.45, 7) is 3.23. The van der Waals surface area contributed by atoms with Crippen LogP contribution in [0.25, 0.3) is 0 Å². The van der Waals surface area contributed by atoms with E-state index in [1.165, 1.54) is 31.3 Å². The highest BCUT2D eigenvalue weighted by Crippen LogP contribution is 2.78. The van der Waals surface area contributed by atoms with Crippen molar-refractivity contribution >= 4 is 5.78 Å². The van der Waals surface area contributed by atoms with E-state index in [-0.39, 0.29) is 5.60 Å². The Kier molecular flexibility index (Phi) is 2.85.